The van der Waals surface area contributed by atoms with E-state index in [1.54, 1.807) is 12.1 Å². The average molecular weight is 397 g/mol. The van der Waals surface area contributed by atoms with Crippen molar-refractivity contribution >= 4 is 27.6 Å². The molecule has 0 radical (unpaired) electrons. The first kappa shape index (κ1) is 20.9. The minimum Gasteiger partial charge on any atom is -0.466 e. The number of hydrogen-bond acceptors (Lipinski definition) is 7. The Bertz CT molecular complexity index is 850. The number of anilines is 1. The van der Waals surface area contributed by atoms with Crippen LogP contribution in [0.1, 0.15) is 13.3 Å². The van der Waals surface area contributed by atoms with E-state index in [2.05, 4.69) is 10.0 Å². The van der Waals surface area contributed by atoms with E-state index < -0.39 is 21.9 Å². The zero-order chi connectivity index (χ0) is 20.0. The molecule has 0 spiro atoms. The number of hydrogen-bond donors (Lipinski definition) is 3. The van der Waals surface area contributed by atoms with Gasteiger partial charge in [0.2, 0.25) is 10.0 Å². The van der Waals surface area contributed by atoms with Crippen molar-refractivity contribution < 1.29 is 27.9 Å². The summed E-state index contributed by atoms with van der Waals surface area (Å²) in [5.41, 5.74) is 0.176. The van der Waals surface area contributed by atoms with Crippen LogP contribution >= 0.6 is 0 Å². The number of carbonyl (C=O) groups is 2. The van der Waals surface area contributed by atoms with Gasteiger partial charge in [0, 0.05) is 13.1 Å². The van der Waals surface area contributed by atoms with Gasteiger partial charge in [-0.25, -0.2) is 17.9 Å². The highest BCUT2D eigenvalue weighted by atomic mass is 32.2. The van der Waals surface area contributed by atoms with Crippen LogP contribution < -0.4 is 10.0 Å². The van der Waals surface area contributed by atoms with Crippen LogP contribution in [0, 0.1) is 0 Å². The van der Waals surface area contributed by atoms with E-state index in [0.29, 0.717) is 6.42 Å². The molecule has 0 unspecified atom stereocenters. The van der Waals surface area contributed by atoms with Crippen LogP contribution in [0.25, 0.3) is 0 Å². The highest BCUT2D eigenvalue weighted by Crippen LogP contribution is 2.27. The highest BCUT2D eigenvalue weighted by molar-refractivity contribution is 7.89. The molecule has 0 aliphatic carbocycles. The van der Waals surface area contributed by atoms with Crippen LogP contribution in [0.4, 0.5) is 5.69 Å². The fourth-order valence-electron chi connectivity index (χ4n) is 2.60. The summed E-state index contributed by atoms with van der Waals surface area (Å²) in [5.74, 6) is -1.21. The number of para-hydroxylation sites is 1. The van der Waals surface area contributed by atoms with Crippen LogP contribution in [-0.2, 0) is 24.3 Å². The number of nitrogens with zero attached hydrogens (tertiary/aromatic N) is 1. The van der Waals surface area contributed by atoms with Crippen molar-refractivity contribution in [1.29, 1.82) is 0 Å². The summed E-state index contributed by atoms with van der Waals surface area (Å²) in [5, 5.41) is 11.9. The van der Waals surface area contributed by atoms with Crippen LogP contribution in [0.15, 0.2) is 40.4 Å². The molecule has 9 nitrogen and oxygen atoms in total. The number of methoxy groups -OCH3 is 1. The van der Waals surface area contributed by atoms with Crippen molar-refractivity contribution in [1.82, 2.24) is 9.62 Å². The van der Waals surface area contributed by atoms with E-state index in [-0.39, 0.29) is 48.1 Å². The summed E-state index contributed by atoms with van der Waals surface area (Å²) < 4.78 is 32.2. The maximum atomic E-state index is 12.6. The second-order valence-corrected chi connectivity index (χ2v) is 7.55. The van der Waals surface area contributed by atoms with Gasteiger partial charge in [-0.05, 0) is 18.6 Å². The molecule has 0 fully saturated rings. The van der Waals surface area contributed by atoms with Gasteiger partial charge in [-0.2, -0.15) is 0 Å². The quantitative estimate of drug-likeness (QED) is 0.503. The van der Waals surface area contributed by atoms with E-state index in [1.165, 1.54) is 24.1 Å². The molecule has 3 N–H and O–H groups in total. The van der Waals surface area contributed by atoms with Crippen molar-refractivity contribution in [2.24, 2.45) is 0 Å². The van der Waals surface area contributed by atoms with Crippen LogP contribution in [-0.4, -0.2) is 63.7 Å². The summed E-state index contributed by atoms with van der Waals surface area (Å²) in [6.45, 7) is 1.86. The Labute approximate surface area is 158 Å². The molecule has 1 heterocycles. The maximum absolute atomic E-state index is 12.6. The first-order valence-corrected chi connectivity index (χ1v) is 9.91. The lowest BCUT2D eigenvalue weighted by Crippen LogP contribution is -2.31. The summed E-state index contributed by atoms with van der Waals surface area (Å²) in [6, 6.07) is 6.09. The normalized spacial score (nSPS) is 14.6. The zero-order valence-corrected chi connectivity index (χ0v) is 16.0. The molecule has 0 atom stereocenters. The van der Waals surface area contributed by atoms with Crippen molar-refractivity contribution in [3.05, 3.63) is 35.5 Å². The van der Waals surface area contributed by atoms with Gasteiger partial charge in [-0.15, -0.1) is 0 Å². The molecule has 1 aromatic carbocycles. The summed E-state index contributed by atoms with van der Waals surface area (Å²) in [4.78, 5) is 25.9. The molecule has 0 bridgehead atoms. The summed E-state index contributed by atoms with van der Waals surface area (Å²) in [6.07, 6.45) is 0.626. The molecule has 27 heavy (non-hydrogen) atoms. The largest absolute Gasteiger partial charge is 0.466 e. The van der Waals surface area contributed by atoms with Gasteiger partial charge in [0.25, 0.3) is 5.91 Å². The fraction of sp³-hybridized carbons (Fsp3) is 0.412. The molecule has 1 aliphatic rings. The molecular weight excluding hydrogens is 374 g/mol. The van der Waals surface area contributed by atoms with Crippen molar-refractivity contribution in [3.8, 4) is 0 Å². The lowest BCUT2D eigenvalue weighted by atomic mass is 10.2. The minimum absolute atomic E-state index is 0.0304. The number of aliphatic hydroxyl groups is 1. The molecule has 2 rings (SSSR count). The van der Waals surface area contributed by atoms with Gasteiger partial charge in [0.05, 0.1) is 31.5 Å². The molecule has 10 heteroatoms. The second-order valence-electron chi connectivity index (χ2n) is 5.81. The summed E-state index contributed by atoms with van der Waals surface area (Å²) in [7, 11) is -2.60. The molecule has 0 saturated carbocycles. The first-order chi connectivity index (χ1) is 12.9. The van der Waals surface area contributed by atoms with Crippen molar-refractivity contribution in [2.75, 3.05) is 38.7 Å². The third-order valence-electron chi connectivity index (χ3n) is 3.93. The summed E-state index contributed by atoms with van der Waals surface area (Å²) >= 11 is 0. The average Bonchev–Trinajstić information content (AvgIpc) is 2.96. The minimum atomic E-state index is -3.80. The third kappa shape index (κ3) is 4.65. The predicted molar refractivity (Wildman–Crippen MR) is 98.3 cm³/mol. The van der Waals surface area contributed by atoms with Crippen LogP contribution in [0.5, 0.6) is 0 Å². The Hall–Kier alpha value is -2.43. The predicted octanol–water partition coefficient (Wildman–Crippen LogP) is 0.0484. The van der Waals surface area contributed by atoms with Gasteiger partial charge >= 0.3 is 5.97 Å². The van der Waals surface area contributed by atoms with E-state index in [9.17, 15) is 18.0 Å². The fourth-order valence-corrected chi connectivity index (χ4v) is 3.90. The number of rotatable bonds is 9. The molecule has 1 aromatic rings. The third-order valence-corrected chi connectivity index (χ3v) is 5.45. The lowest BCUT2D eigenvalue weighted by Gasteiger charge is -2.16. The number of amides is 1. The molecule has 0 saturated heterocycles. The standard InChI is InChI=1S/C17H23N3O6S/c1-3-8-18-27(24,25)14-7-5-4-6-13(14)19-15-12(17(23)26-2)11-20(9-10-21)16(15)22/h4-7,18-19,21H,3,8-11H2,1-2H3. The molecule has 148 valence electrons. The smallest absolute Gasteiger partial charge is 0.337 e. The number of ether oxygens (including phenoxy) is 1. The topological polar surface area (TPSA) is 125 Å². The Morgan fingerprint density at radius 3 is 2.67 bits per heavy atom. The Morgan fingerprint density at radius 1 is 1.33 bits per heavy atom. The molecule has 1 aliphatic heterocycles. The Balaban J connectivity index is 2.42. The monoisotopic (exact) mass is 397 g/mol. The van der Waals surface area contributed by atoms with E-state index in [4.69, 9.17) is 9.84 Å². The lowest BCUT2D eigenvalue weighted by molar-refractivity contribution is -0.136. The SMILES string of the molecule is CCCNS(=O)(=O)c1ccccc1NC1=C(C(=O)OC)CN(CCO)C1=O. The number of aliphatic hydroxyl groups excluding tert-OH is 1. The number of benzene rings is 1. The van der Waals surface area contributed by atoms with Gasteiger partial charge in [0.1, 0.15) is 10.6 Å². The number of β-amino-alcohol motifs (C(OH)–C–C–N with tert-alkyl or cyclic N) is 1. The zero-order valence-electron chi connectivity index (χ0n) is 15.2. The van der Waals surface area contributed by atoms with Gasteiger partial charge in [-0.3, -0.25) is 4.79 Å². The van der Waals surface area contributed by atoms with Gasteiger partial charge in [-0.1, -0.05) is 19.1 Å². The van der Waals surface area contributed by atoms with Gasteiger partial charge in [0.15, 0.2) is 0 Å². The number of carbonyl (C=O) groups excluding carboxylic acids is 2. The molecular formula is C17H23N3O6S. The van der Waals surface area contributed by atoms with Crippen molar-refractivity contribution in [2.45, 2.75) is 18.2 Å². The maximum Gasteiger partial charge on any atom is 0.337 e. The van der Waals surface area contributed by atoms with E-state index in [1.807, 2.05) is 6.92 Å². The first-order valence-electron chi connectivity index (χ1n) is 8.43. The number of esters is 1. The van der Waals surface area contributed by atoms with E-state index >= 15 is 0 Å². The van der Waals surface area contributed by atoms with Crippen molar-refractivity contribution in [3.63, 3.8) is 0 Å². The van der Waals surface area contributed by atoms with E-state index in [0.717, 1.165) is 0 Å². The molecule has 1 amide bonds. The highest BCUT2D eigenvalue weighted by Gasteiger charge is 2.35. The Morgan fingerprint density at radius 2 is 2.04 bits per heavy atom. The number of nitrogens with one attached hydrogen (secondary N) is 2. The second kappa shape index (κ2) is 8.98. The Kier molecular flexibility index (Phi) is 6.94. The number of sulfonamides is 1. The van der Waals surface area contributed by atoms with Crippen LogP contribution in [0.3, 0.4) is 0 Å². The van der Waals surface area contributed by atoms with Crippen LogP contribution in [0.2, 0.25) is 0 Å². The van der Waals surface area contributed by atoms with Gasteiger partial charge < -0.3 is 20.1 Å². The molecule has 0 aromatic heterocycles.